The highest BCUT2D eigenvalue weighted by Crippen LogP contribution is 2.39. The van der Waals surface area contributed by atoms with Gasteiger partial charge in [0.25, 0.3) is 5.91 Å². The van der Waals surface area contributed by atoms with Gasteiger partial charge in [-0.15, -0.1) is 0 Å². The van der Waals surface area contributed by atoms with Gasteiger partial charge in [-0.05, 0) is 72.1 Å². The lowest BCUT2D eigenvalue weighted by Gasteiger charge is -2.23. The molecule has 0 saturated carbocycles. The number of amides is 2. The van der Waals surface area contributed by atoms with Gasteiger partial charge in [0.2, 0.25) is 5.91 Å². The Kier molecular flexibility index (Phi) is 7.46. The molecule has 0 radical (unpaired) electrons. The fraction of sp³-hybridized carbons (Fsp3) is 0.241. The molecule has 1 N–H and O–H groups in total. The highest BCUT2D eigenvalue weighted by molar-refractivity contribution is 8.15. The zero-order valence-corrected chi connectivity index (χ0v) is 22.2. The molecule has 2 atom stereocenters. The van der Waals surface area contributed by atoms with Crippen molar-refractivity contribution in [2.75, 3.05) is 19.5 Å². The number of anilines is 1. The van der Waals surface area contributed by atoms with Crippen molar-refractivity contribution in [3.63, 3.8) is 0 Å². The van der Waals surface area contributed by atoms with E-state index in [1.54, 1.807) is 14.2 Å². The minimum absolute atomic E-state index is 0.0283. The number of benzene rings is 3. The molecule has 0 bridgehead atoms. The van der Waals surface area contributed by atoms with Crippen LogP contribution in [0.25, 0.3) is 0 Å². The Labute approximate surface area is 225 Å². The van der Waals surface area contributed by atoms with Crippen molar-refractivity contribution in [3.8, 4) is 11.5 Å². The van der Waals surface area contributed by atoms with Crippen molar-refractivity contribution in [1.82, 2.24) is 5.01 Å². The molecule has 2 heterocycles. The molecular formula is C29H28N4O4S. The number of hydrogen-bond acceptors (Lipinski definition) is 7. The molecule has 0 saturated heterocycles. The Bertz CT molecular complexity index is 1400. The Balaban J connectivity index is 1.36. The van der Waals surface area contributed by atoms with E-state index in [1.807, 2.05) is 84.7 Å². The van der Waals surface area contributed by atoms with Gasteiger partial charge in [0.1, 0.15) is 16.7 Å². The maximum absolute atomic E-state index is 12.8. The minimum Gasteiger partial charge on any atom is -0.497 e. The number of nitrogens with one attached hydrogen (secondary N) is 1. The number of carbonyl (C=O) groups excluding carboxylic acids is 2. The van der Waals surface area contributed by atoms with Gasteiger partial charge >= 0.3 is 0 Å². The van der Waals surface area contributed by atoms with E-state index in [2.05, 4.69) is 10.3 Å². The lowest BCUT2D eigenvalue weighted by Crippen LogP contribution is -2.25. The molecule has 3 aromatic rings. The monoisotopic (exact) mass is 528 g/mol. The van der Waals surface area contributed by atoms with Gasteiger partial charge in [-0.2, -0.15) is 10.1 Å². The summed E-state index contributed by atoms with van der Waals surface area (Å²) in [6, 6.07) is 23.0. The maximum atomic E-state index is 12.8. The molecule has 2 amide bonds. The van der Waals surface area contributed by atoms with Crippen molar-refractivity contribution in [2.45, 2.75) is 31.1 Å². The molecule has 0 spiro atoms. The van der Waals surface area contributed by atoms with Crippen LogP contribution in [0.15, 0.2) is 82.9 Å². The molecule has 0 aliphatic carbocycles. The van der Waals surface area contributed by atoms with Gasteiger partial charge in [0, 0.05) is 18.5 Å². The average Bonchev–Trinajstić information content (AvgIpc) is 3.52. The summed E-state index contributed by atoms with van der Waals surface area (Å²) < 4.78 is 10.6. The molecule has 0 fully saturated rings. The zero-order chi connectivity index (χ0) is 26.6. The molecule has 2 aliphatic heterocycles. The van der Waals surface area contributed by atoms with E-state index in [4.69, 9.17) is 14.6 Å². The molecule has 3 aromatic carbocycles. The smallest absolute Gasteiger partial charge is 0.262 e. The number of rotatable bonds is 7. The van der Waals surface area contributed by atoms with Crippen molar-refractivity contribution in [1.29, 1.82) is 0 Å². The maximum Gasteiger partial charge on any atom is 0.262 e. The molecule has 194 valence electrons. The third-order valence-corrected chi connectivity index (χ3v) is 7.57. The van der Waals surface area contributed by atoms with Crippen LogP contribution < -0.4 is 14.8 Å². The van der Waals surface area contributed by atoms with Crippen LogP contribution in [0.3, 0.4) is 0 Å². The highest BCUT2D eigenvalue weighted by atomic mass is 32.2. The van der Waals surface area contributed by atoms with Crippen LogP contribution in [0, 0.1) is 6.92 Å². The zero-order valence-electron chi connectivity index (χ0n) is 21.4. The van der Waals surface area contributed by atoms with Gasteiger partial charge in [-0.25, -0.2) is 5.01 Å². The second kappa shape index (κ2) is 11.1. The number of ether oxygens (including phenoxy) is 2. The molecule has 8 nitrogen and oxygen atoms in total. The van der Waals surface area contributed by atoms with Crippen LogP contribution in [-0.2, 0) is 9.59 Å². The van der Waals surface area contributed by atoms with Gasteiger partial charge < -0.3 is 14.8 Å². The van der Waals surface area contributed by atoms with E-state index in [9.17, 15) is 9.59 Å². The van der Waals surface area contributed by atoms with Gasteiger partial charge in [0.05, 0.1) is 26.0 Å². The molecule has 38 heavy (non-hydrogen) atoms. The molecule has 9 heteroatoms. The van der Waals surface area contributed by atoms with Crippen LogP contribution in [0.4, 0.5) is 5.69 Å². The number of amidine groups is 1. The molecule has 0 unspecified atom stereocenters. The molecule has 5 rings (SSSR count). The fourth-order valence-electron chi connectivity index (χ4n) is 4.44. The Morgan fingerprint density at radius 3 is 2.37 bits per heavy atom. The van der Waals surface area contributed by atoms with Crippen LogP contribution >= 0.6 is 11.8 Å². The van der Waals surface area contributed by atoms with Crippen LogP contribution in [0.1, 0.15) is 35.6 Å². The second-order valence-electron chi connectivity index (χ2n) is 9.07. The summed E-state index contributed by atoms with van der Waals surface area (Å²) in [4.78, 5) is 29.9. The first-order valence-corrected chi connectivity index (χ1v) is 13.1. The Morgan fingerprint density at radius 2 is 1.71 bits per heavy atom. The number of thioether (sulfide) groups is 1. The second-order valence-corrected chi connectivity index (χ2v) is 10.2. The summed E-state index contributed by atoms with van der Waals surface area (Å²) in [5.41, 5.74) is 4.62. The van der Waals surface area contributed by atoms with Crippen LogP contribution in [-0.4, -0.2) is 47.2 Å². The van der Waals surface area contributed by atoms with Crippen molar-refractivity contribution in [3.05, 3.63) is 89.5 Å². The highest BCUT2D eigenvalue weighted by Gasteiger charge is 2.39. The number of hydrogen-bond donors (Lipinski definition) is 1. The lowest BCUT2D eigenvalue weighted by molar-refractivity contribution is -0.121. The van der Waals surface area contributed by atoms with Crippen LogP contribution in [0.5, 0.6) is 11.5 Å². The minimum atomic E-state index is -0.605. The summed E-state index contributed by atoms with van der Waals surface area (Å²) in [6.07, 6.45) is 0.658. The molecule has 2 aliphatic rings. The Hall–Kier alpha value is -4.11. The number of aryl methyl sites for hydroxylation is 1. The van der Waals surface area contributed by atoms with Crippen molar-refractivity contribution < 1.29 is 19.1 Å². The summed E-state index contributed by atoms with van der Waals surface area (Å²) >= 11 is 1.28. The van der Waals surface area contributed by atoms with E-state index in [1.165, 1.54) is 11.8 Å². The standard InChI is InChI=1S/C29H28N4O4S/c1-18-5-4-6-21(15-18)30-27(34)17-26-28(35)31-29(38-26)33-25(20-9-13-23(37-3)14-10-20)16-24(32-33)19-7-11-22(36-2)12-8-19/h4-15,25-26H,16-17H2,1-3H3,(H,30,34)/t25-,26-/m0/s1. The summed E-state index contributed by atoms with van der Waals surface area (Å²) in [7, 11) is 3.26. The van der Waals surface area contributed by atoms with Gasteiger partial charge in [0.15, 0.2) is 5.17 Å². The van der Waals surface area contributed by atoms with Gasteiger partial charge in [-0.3, -0.25) is 9.59 Å². The first kappa shape index (κ1) is 25.5. The normalized spacial score (nSPS) is 18.7. The summed E-state index contributed by atoms with van der Waals surface area (Å²) in [5.74, 6) is 0.973. The largest absolute Gasteiger partial charge is 0.497 e. The van der Waals surface area contributed by atoms with Crippen LogP contribution in [0.2, 0.25) is 0 Å². The predicted molar refractivity (Wildman–Crippen MR) is 150 cm³/mol. The summed E-state index contributed by atoms with van der Waals surface area (Å²) in [6.45, 7) is 1.96. The number of aliphatic imine (C=N–C) groups is 1. The van der Waals surface area contributed by atoms with E-state index in [-0.39, 0.29) is 24.3 Å². The SMILES string of the molecule is COc1ccc(C2=NN(C3=NC(=O)[C@H](CC(=O)Nc4cccc(C)c4)S3)[C@H](c3ccc(OC)cc3)C2)cc1. The van der Waals surface area contributed by atoms with E-state index in [0.717, 1.165) is 33.9 Å². The van der Waals surface area contributed by atoms with E-state index in [0.29, 0.717) is 17.3 Å². The van der Waals surface area contributed by atoms with E-state index < -0.39 is 5.25 Å². The predicted octanol–water partition coefficient (Wildman–Crippen LogP) is 5.19. The topological polar surface area (TPSA) is 92.6 Å². The fourth-order valence-corrected chi connectivity index (χ4v) is 5.50. The third-order valence-electron chi connectivity index (χ3n) is 6.43. The first-order chi connectivity index (χ1) is 18.4. The number of nitrogens with zero attached hydrogens (tertiary/aromatic N) is 3. The lowest BCUT2D eigenvalue weighted by atomic mass is 9.98. The van der Waals surface area contributed by atoms with Crippen molar-refractivity contribution in [2.24, 2.45) is 10.1 Å². The summed E-state index contributed by atoms with van der Waals surface area (Å²) in [5, 5.41) is 9.47. The Morgan fingerprint density at radius 1 is 1.03 bits per heavy atom. The quantitative estimate of drug-likeness (QED) is 0.454. The van der Waals surface area contributed by atoms with Gasteiger partial charge in [-0.1, -0.05) is 36.0 Å². The molecule has 0 aromatic heterocycles. The third kappa shape index (κ3) is 5.57. The number of carbonyl (C=O) groups is 2. The van der Waals surface area contributed by atoms with E-state index >= 15 is 0 Å². The average molecular weight is 529 g/mol. The molecular weight excluding hydrogens is 500 g/mol. The first-order valence-electron chi connectivity index (χ1n) is 12.2. The number of hydrazone groups is 1. The van der Waals surface area contributed by atoms with Crippen molar-refractivity contribution >= 4 is 40.1 Å². The number of methoxy groups -OCH3 is 2.